The van der Waals surface area contributed by atoms with Gasteiger partial charge in [0.2, 0.25) is 0 Å². The van der Waals surface area contributed by atoms with Gasteiger partial charge in [0.15, 0.2) is 0 Å². The molecular weight excluding hydrogens is 376 g/mol. The first kappa shape index (κ1) is 20.6. The summed E-state index contributed by atoms with van der Waals surface area (Å²) < 4.78 is 5.17. The maximum Gasteiger partial charge on any atom is 0.256 e. The van der Waals surface area contributed by atoms with E-state index in [9.17, 15) is 4.79 Å². The molecule has 4 rings (SSSR count). The zero-order chi connectivity index (χ0) is 20.9. The van der Waals surface area contributed by atoms with Crippen LogP contribution in [-0.2, 0) is 17.7 Å². The molecule has 2 aromatic heterocycles. The highest BCUT2D eigenvalue weighted by atomic mass is 16.5. The second kappa shape index (κ2) is 9.41. The number of fused-ring (bicyclic) bond motifs is 1. The average Bonchev–Trinajstić information content (AvgIpc) is 3.24. The number of piperidine rings is 1. The Hall–Kier alpha value is -2.70. The van der Waals surface area contributed by atoms with Crippen LogP contribution >= 0.6 is 0 Å². The minimum atomic E-state index is 0.109. The predicted octanol–water partition coefficient (Wildman–Crippen LogP) is 3.62. The first-order valence-electron chi connectivity index (χ1n) is 10.7. The SMILES string of the molecule is COCCCc1cccc2c(C(=O)N3CCC(c4cc(CN)ccn4)CC3)c[nH]c12. The summed E-state index contributed by atoms with van der Waals surface area (Å²) in [6.07, 6.45) is 7.45. The number of pyridine rings is 1. The molecule has 0 bridgehead atoms. The molecule has 30 heavy (non-hydrogen) atoms. The van der Waals surface area contributed by atoms with Crippen LogP contribution < -0.4 is 5.73 Å². The Morgan fingerprint density at radius 3 is 2.90 bits per heavy atom. The van der Waals surface area contributed by atoms with Crippen LogP contribution in [0.2, 0.25) is 0 Å². The minimum Gasteiger partial charge on any atom is -0.385 e. The van der Waals surface area contributed by atoms with Gasteiger partial charge in [0.05, 0.1) is 5.56 Å². The molecular formula is C24H30N4O2. The van der Waals surface area contributed by atoms with Crippen LogP contribution in [0.1, 0.15) is 52.4 Å². The monoisotopic (exact) mass is 406 g/mol. The number of rotatable bonds is 7. The van der Waals surface area contributed by atoms with Crippen LogP contribution in [0.15, 0.2) is 42.7 Å². The molecule has 1 aliphatic rings. The number of hydrogen-bond acceptors (Lipinski definition) is 4. The lowest BCUT2D eigenvalue weighted by Gasteiger charge is -2.31. The molecule has 1 amide bonds. The third-order valence-electron chi connectivity index (χ3n) is 6.11. The Kier molecular flexibility index (Phi) is 6.45. The molecule has 3 aromatic rings. The van der Waals surface area contributed by atoms with Crippen LogP contribution in [-0.4, -0.2) is 47.6 Å². The molecule has 0 saturated carbocycles. The molecule has 6 heteroatoms. The van der Waals surface area contributed by atoms with Crippen LogP contribution in [0.25, 0.3) is 10.9 Å². The van der Waals surface area contributed by atoms with Gasteiger partial charge >= 0.3 is 0 Å². The molecule has 0 spiro atoms. The molecule has 6 nitrogen and oxygen atoms in total. The van der Waals surface area contributed by atoms with E-state index < -0.39 is 0 Å². The minimum absolute atomic E-state index is 0.109. The maximum absolute atomic E-state index is 13.2. The Balaban J connectivity index is 1.45. The Labute approximate surface area is 177 Å². The number of likely N-dealkylation sites (tertiary alicyclic amines) is 1. The normalized spacial score (nSPS) is 15.1. The van der Waals surface area contributed by atoms with Crippen molar-refractivity contribution in [2.75, 3.05) is 26.8 Å². The number of carbonyl (C=O) groups is 1. The van der Waals surface area contributed by atoms with Crippen LogP contribution in [0.4, 0.5) is 0 Å². The average molecular weight is 407 g/mol. The van der Waals surface area contributed by atoms with Crippen molar-refractivity contribution in [3.8, 4) is 0 Å². The van der Waals surface area contributed by atoms with Crippen molar-refractivity contribution >= 4 is 16.8 Å². The van der Waals surface area contributed by atoms with Crippen LogP contribution in [0, 0.1) is 0 Å². The first-order valence-corrected chi connectivity index (χ1v) is 10.7. The Bertz CT molecular complexity index is 1010. The zero-order valence-electron chi connectivity index (χ0n) is 17.6. The highest BCUT2D eigenvalue weighted by molar-refractivity contribution is 6.07. The molecule has 158 valence electrons. The van der Waals surface area contributed by atoms with E-state index in [1.807, 2.05) is 35.5 Å². The second-order valence-electron chi connectivity index (χ2n) is 8.00. The summed E-state index contributed by atoms with van der Waals surface area (Å²) >= 11 is 0. The van der Waals surface area contributed by atoms with E-state index >= 15 is 0 Å². The van der Waals surface area contributed by atoms with Gasteiger partial charge in [0.1, 0.15) is 0 Å². The van der Waals surface area contributed by atoms with E-state index in [1.54, 1.807) is 7.11 Å². The fourth-order valence-corrected chi connectivity index (χ4v) is 4.40. The summed E-state index contributed by atoms with van der Waals surface area (Å²) in [5.74, 6) is 0.494. The van der Waals surface area contributed by atoms with Crippen molar-refractivity contribution in [1.29, 1.82) is 0 Å². The van der Waals surface area contributed by atoms with E-state index in [0.717, 1.165) is 73.1 Å². The molecule has 3 N–H and O–H groups in total. The van der Waals surface area contributed by atoms with Crippen molar-refractivity contribution in [3.63, 3.8) is 0 Å². The van der Waals surface area contributed by atoms with Gasteiger partial charge in [-0.15, -0.1) is 0 Å². The number of amides is 1. The number of methoxy groups -OCH3 is 1. The summed E-state index contributed by atoms with van der Waals surface area (Å²) in [5.41, 5.74) is 11.0. The highest BCUT2D eigenvalue weighted by Gasteiger charge is 2.27. The summed E-state index contributed by atoms with van der Waals surface area (Å²) in [5, 5.41) is 1.01. The fraction of sp³-hybridized carbons (Fsp3) is 0.417. The summed E-state index contributed by atoms with van der Waals surface area (Å²) in [6, 6.07) is 10.3. The smallest absolute Gasteiger partial charge is 0.256 e. The lowest BCUT2D eigenvalue weighted by molar-refractivity contribution is 0.0714. The van der Waals surface area contributed by atoms with Crippen LogP contribution in [0.3, 0.4) is 0 Å². The third kappa shape index (κ3) is 4.25. The van der Waals surface area contributed by atoms with Gasteiger partial charge in [0, 0.05) is 68.3 Å². The van der Waals surface area contributed by atoms with E-state index in [1.165, 1.54) is 5.56 Å². The predicted molar refractivity (Wildman–Crippen MR) is 119 cm³/mol. The molecule has 0 atom stereocenters. The van der Waals surface area contributed by atoms with Gasteiger partial charge in [-0.2, -0.15) is 0 Å². The highest BCUT2D eigenvalue weighted by Crippen LogP contribution is 2.29. The Morgan fingerprint density at radius 1 is 1.30 bits per heavy atom. The van der Waals surface area contributed by atoms with Crippen molar-refractivity contribution in [1.82, 2.24) is 14.9 Å². The van der Waals surface area contributed by atoms with Crippen molar-refractivity contribution in [2.45, 2.75) is 38.1 Å². The molecule has 1 saturated heterocycles. The number of nitrogens with one attached hydrogen (secondary N) is 1. The molecule has 1 aromatic carbocycles. The van der Waals surface area contributed by atoms with Crippen LogP contribution in [0.5, 0.6) is 0 Å². The number of aromatic nitrogens is 2. The van der Waals surface area contributed by atoms with Gasteiger partial charge in [-0.25, -0.2) is 0 Å². The summed E-state index contributed by atoms with van der Waals surface area (Å²) in [6.45, 7) is 2.76. The van der Waals surface area contributed by atoms with E-state index in [2.05, 4.69) is 22.1 Å². The van der Waals surface area contributed by atoms with Crippen molar-refractivity contribution in [2.24, 2.45) is 5.73 Å². The lowest BCUT2D eigenvalue weighted by Crippen LogP contribution is -2.38. The molecule has 3 heterocycles. The van der Waals surface area contributed by atoms with Gasteiger partial charge in [0.25, 0.3) is 5.91 Å². The molecule has 0 unspecified atom stereocenters. The van der Waals surface area contributed by atoms with E-state index in [0.29, 0.717) is 12.5 Å². The Morgan fingerprint density at radius 2 is 2.13 bits per heavy atom. The third-order valence-corrected chi connectivity index (χ3v) is 6.11. The number of aryl methyl sites for hydroxylation is 1. The number of hydrogen-bond donors (Lipinski definition) is 2. The second-order valence-corrected chi connectivity index (χ2v) is 8.00. The molecule has 0 aliphatic carbocycles. The van der Waals surface area contributed by atoms with Crippen molar-refractivity contribution in [3.05, 3.63) is 65.1 Å². The van der Waals surface area contributed by atoms with Crippen molar-refractivity contribution < 1.29 is 9.53 Å². The lowest BCUT2D eigenvalue weighted by atomic mass is 9.92. The van der Waals surface area contributed by atoms with E-state index in [-0.39, 0.29) is 5.91 Å². The molecule has 0 radical (unpaired) electrons. The van der Waals surface area contributed by atoms with E-state index in [4.69, 9.17) is 10.5 Å². The quantitative estimate of drug-likeness (QED) is 0.587. The number of para-hydroxylation sites is 1. The largest absolute Gasteiger partial charge is 0.385 e. The number of H-pyrrole nitrogens is 1. The summed E-state index contributed by atoms with van der Waals surface area (Å²) in [7, 11) is 1.72. The number of aromatic amines is 1. The number of carbonyl (C=O) groups excluding carboxylic acids is 1. The first-order chi connectivity index (χ1) is 14.7. The topological polar surface area (TPSA) is 84.2 Å². The fourth-order valence-electron chi connectivity index (χ4n) is 4.40. The molecule has 1 aliphatic heterocycles. The number of nitrogens with two attached hydrogens (primary N) is 1. The van der Waals surface area contributed by atoms with Gasteiger partial charge in [-0.05, 0) is 48.9 Å². The number of nitrogens with zero attached hydrogens (tertiary/aromatic N) is 2. The summed E-state index contributed by atoms with van der Waals surface area (Å²) in [4.78, 5) is 23.1. The standard InChI is InChI=1S/C24H30N4O2/c1-30-13-3-5-19-4-2-6-20-21(16-27-23(19)20)24(29)28-11-8-18(9-12-28)22-14-17(15-25)7-10-26-22/h2,4,6-7,10,14,16,18,27H,3,5,8-9,11-13,15,25H2,1H3. The zero-order valence-corrected chi connectivity index (χ0v) is 17.6. The van der Waals surface area contributed by atoms with Gasteiger partial charge in [-0.3, -0.25) is 9.78 Å². The molecule has 1 fully saturated rings. The van der Waals surface area contributed by atoms with Gasteiger partial charge < -0.3 is 20.4 Å². The van der Waals surface area contributed by atoms with Gasteiger partial charge in [-0.1, -0.05) is 18.2 Å². The maximum atomic E-state index is 13.2. The number of ether oxygens (including phenoxy) is 1. The number of benzene rings is 1.